The number of anilines is 1. The number of carbonyl (C=O) groups excluding carboxylic acids is 1. The fraction of sp³-hybridized carbons (Fsp3) is 0.368. The molecule has 0 radical (unpaired) electrons. The number of fused-ring (bicyclic) bond motifs is 1. The zero-order valence-electron chi connectivity index (χ0n) is 15.0. The van der Waals surface area contributed by atoms with Gasteiger partial charge in [-0.2, -0.15) is 0 Å². The van der Waals surface area contributed by atoms with Crippen LogP contribution in [-0.4, -0.2) is 50.6 Å². The van der Waals surface area contributed by atoms with E-state index in [4.69, 9.17) is 0 Å². The number of nitrogens with zero attached hydrogens (tertiary/aromatic N) is 4. The molecule has 1 fully saturated rings. The van der Waals surface area contributed by atoms with Crippen molar-refractivity contribution in [2.24, 2.45) is 5.92 Å². The van der Waals surface area contributed by atoms with Crippen LogP contribution < -0.4 is 5.32 Å². The highest BCUT2D eigenvalue weighted by atomic mass is 32.1. The maximum absolute atomic E-state index is 13.1. The molecule has 0 aliphatic carbocycles. The number of carbonyl (C=O) groups is 1. The Hall–Kier alpha value is -2.58. The topological polar surface area (TPSA) is 91.2 Å². The minimum Gasteiger partial charge on any atom is -0.396 e. The maximum Gasteiger partial charge on any atom is 0.274 e. The van der Waals surface area contributed by atoms with Crippen LogP contribution in [0.5, 0.6) is 0 Å². The van der Waals surface area contributed by atoms with Crippen LogP contribution in [0, 0.1) is 5.92 Å². The number of hydrogen-bond acceptors (Lipinski definition) is 7. The molecule has 0 spiro atoms. The predicted molar refractivity (Wildman–Crippen MR) is 105 cm³/mol. The molecule has 4 rings (SSSR count). The SMILES string of the molecule is C[C@H](Nc1nc(C(=O)N2CC[C@H](CO)C2)c2sccc2n1)c1cccnc1. The number of aromatic nitrogens is 3. The molecule has 1 amide bonds. The van der Waals surface area contributed by atoms with Gasteiger partial charge in [0.05, 0.1) is 16.3 Å². The first kappa shape index (κ1) is 17.8. The lowest BCUT2D eigenvalue weighted by Gasteiger charge is -2.18. The molecular formula is C19H21N5O2S. The summed E-state index contributed by atoms with van der Waals surface area (Å²) < 4.78 is 0.798. The molecule has 3 aromatic heterocycles. The molecule has 7 nitrogen and oxygen atoms in total. The van der Waals surface area contributed by atoms with Gasteiger partial charge in [-0.15, -0.1) is 11.3 Å². The average molecular weight is 383 g/mol. The number of nitrogens with one attached hydrogen (secondary N) is 1. The molecule has 1 aliphatic heterocycles. The van der Waals surface area contributed by atoms with Crippen molar-refractivity contribution in [1.82, 2.24) is 19.9 Å². The average Bonchev–Trinajstić information content (AvgIpc) is 3.36. The summed E-state index contributed by atoms with van der Waals surface area (Å²) in [5.41, 5.74) is 2.20. The predicted octanol–water partition coefficient (Wildman–Crippen LogP) is 2.71. The number of thiophene rings is 1. The Morgan fingerprint density at radius 3 is 3.07 bits per heavy atom. The molecule has 27 heavy (non-hydrogen) atoms. The van der Waals surface area contributed by atoms with E-state index >= 15 is 0 Å². The Morgan fingerprint density at radius 1 is 1.44 bits per heavy atom. The lowest BCUT2D eigenvalue weighted by molar-refractivity contribution is 0.0778. The van der Waals surface area contributed by atoms with Gasteiger partial charge in [0.2, 0.25) is 5.95 Å². The number of amides is 1. The molecule has 8 heteroatoms. The van der Waals surface area contributed by atoms with Gasteiger partial charge >= 0.3 is 0 Å². The van der Waals surface area contributed by atoms with E-state index in [1.165, 1.54) is 11.3 Å². The van der Waals surface area contributed by atoms with E-state index in [0.29, 0.717) is 24.7 Å². The first-order valence-corrected chi connectivity index (χ1v) is 9.85. The molecule has 1 saturated heterocycles. The van der Waals surface area contributed by atoms with E-state index in [2.05, 4.69) is 20.3 Å². The van der Waals surface area contributed by atoms with Crippen molar-refractivity contribution in [3.8, 4) is 0 Å². The first-order chi connectivity index (χ1) is 13.2. The van der Waals surface area contributed by atoms with E-state index in [1.54, 1.807) is 17.3 Å². The Kier molecular flexibility index (Phi) is 5.00. The van der Waals surface area contributed by atoms with Gasteiger partial charge in [0.1, 0.15) is 0 Å². The van der Waals surface area contributed by atoms with Gasteiger partial charge in [-0.3, -0.25) is 9.78 Å². The summed E-state index contributed by atoms with van der Waals surface area (Å²) in [5, 5.41) is 14.5. The molecular weight excluding hydrogens is 362 g/mol. The number of likely N-dealkylation sites (tertiary alicyclic amines) is 1. The van der Waals surface area contributed by atoms with E-state index in [0.717, 1.165) is 22.2 Å². The Bertz CT molecular complexity index is 946. The summed E-state index contributed by atoms with van der Waals surface area (Å²) in [6, 6.07) is 5.73. The van der Waals surface area contributed by atoms with E-state index in [-0.39, 0.29) is 24.5 Å². The van der Waals surface area contributed by atoms with Crippen molar-refractivity contribution in [2.75, 3.05) is 25.0 Å². The van der Waals surface area contributed by atoms with Gasteiger partial charge < -0.3 is 15.3 Å². The third-order valence-electron chi connectivity index (χ3n) is 4.87. The van der Waals surface area contributed by atoms with Gasteiger partial charge in [-0.05, 0) is 36.4 Å². The van der Waals surface area contributed by atoms with Gasteiger partial charge in [0.15, 0.2) is 5.69 Å². The monoisotopic (exact) mass is 383 g/mol. The molecule has 2 N–H and O–H groups in total. The van der Waals surface area contributed by atoms with Crippen LogP contribution in [0.1, 0.15) is 35.4 Å². The third-order valence-corrected chi connectivity index (χ3v) is 5.78. The van der Waals surface area contributed by atoms with Crippen LogP contribution in [0.3, 0.4) is 0 Å². The Balaban J connectivity index is 1.63. The molecule has 0 bridgehead atoms. The van der Waals surface area contributed by atoms with Crippen molar-refractivity contribution < 1.29 is 9.90 Å². The zero-order valence-corrected chi connectivity index (χ0v) is 15.8. The van der Waals surface area contributed by atoms with Crippen LogP contribution in [0.25, 0.3) is 10.2 Å². The zero-order chi connectivity index (χ0) is 18.8. The summed E-state index contributed by atoms with van der Waals surface area (Å²) >= 11 is 1.47. The Morgan fingerprint density at radius 2 is 2.33 bits per heavy atom. The van der Waals surface area contributed by atoms with Crippen LogP contribution in [-0.2, 0) is 0 Å². The summed E-state index contributed by atoms with van der Waals surface area (Å²) in [7, 11) is 0. The summed E-state index contributed by atoms with van der Waals surface area (Å²) in [6.45, 7) is 3.33. The molecule has 3 aromatic rings. The molecule has 140 valence electrons. The summed E-state index contributed by atoms with van der Waals surface area (Å²) in [6.07, 6.45) is 4.35. The molecule has 0 saturated carbocycles. The molecule has 2 atom stereocenters. The van der Waals surface area contributed by atoms with Gasteiger partial charge in [0, 0.05) is 38.0 Å². The lowest BCUT2D eigenvalue weighted by atomic mass is 10.1. The molecule has 1 aliphatic rings. The number of pyridine rings is 1. The van der Waals surface area contributed by atoms with Crippen LogP contribution in [0.4, 0.5) is 5.95 Å². The largest absolute Gasteiger partial charge is 0.396 e. The van der Waals surface area contributed by atoms with E-state index in [1.807, 2.05) is 30.5 Å². The first-order valence-electron chi connectivity index (χ1n) is 8.97. The van der Waals surface area contributed by atoms with Gasteiger partial charge in [-0.25, -0.2) is 9.97 Å². The highest BCUT2D eigenvalue weighted by molar-refractivity contribution is 7.17. The number of aliphatic hydroxyl groups is 1. The quantitative estimate of drug-likeness (QED) is 0.704. The molecule has 0 unspecified atom stereocenters. The smallest absolute Gasteiger partial charge is 0.274 e. The van der Waals surface area contributed by atoms with Crippen molar-refractivity contribution in [2.45, 2.75) is 19.4 Å². The van der Waals surface area contributed by atoms with Gasteiger partial charge in [-0.1, -0.05) is 6.07 Å². The maximum atomic E-state index is 13.1. The second-order valence-electron chi connectivity index (χ2n) is 6.77. The lowest BCUT2D eigenvalue weighted by Crippen LogP contribution is -2.30. The normalized spacial score (nSPS) is 18.0. The number of aliphatic hydroxyl groups excluding tert-OH is 1. The van der Waals surface area contributed by atoms with Crippen molar-refractivity contribution in [3.63, 3.8) is 0 Å². The Labute approximate surface area is 161 Å². The highest BCUT2D eigenvalue weighted by Gasteiger charge is 2.29. The fourth-order valence-electron chi connectivity index (χ4n) is 3.30. The molecule has 4 heterocycles. The van der Waals surface area contributed by atoms with E-state index < -0.39 is 0 Å². The van der Waals surface area contributed by atoms with Crippen LogP contribution in [0.2, 0.25) is 0 Å². The second kappa shape index (κ2) is 7.58. The third kappa shape index (κ3) is 3.63. The molecule has 0 aromatic carbocycles. The minimum absolute atomic E-state index is 0.0386. The number of hydrogen-bond donors (Lipinski definition) is 2. The second-order valence-corrected chi connectivity index (χ2v) is 7.69. The van der Waals surface area contributed by atoms with E-state index in [9.17, 15) is 9.90 Å². The van der Waals surface area contributed by atoms with Crippen LogP contribution in [0.15, 0.2) is 36.0 Å². The number of rotatable bonds is 5. The summed E-state index contributed by atoms with van der Waals surface area (Å²) in [5.74, 6) is 0.481. The van der Waals surface area contributed by atoms with Crippen LogP contribution >= 0.6 is 11.3 Å². The fourth-order valence-corrected chi connectivity index (χ4v) is 4.11. The summed E-state index contributed by atoms with van der Waals surface area (Å²) in [4.78, 5) is 28.1. The van der Waals surface area contributed by atoms with Gasteiger partial charge in [0.25, 0.3) is 5.91 Å². The standard InChI is InChI=1S/C19H21N5O2S/c1-12(14-3-2-6-20-9-14)21-19-22-15-5-8-27-17(15)16(23-19)18(26)24-7-4-13(10-24)11-25/h2-3,5-6,8-9,12-13,25H,4,7,10-11H2,1H3,(H,21,22,23)/t12-,13-/m0/s1. The van der Waals surface area contributed by atoms with Crippen molar-refractivity contribution >= 4 is 33.4 Å². The minimum atomic E-state index is -0.0992. The van der Waals surface area contributed by atoms with Crippen molar-refractivity contribution in [3.05, 3.63) is 47.2 Å². The van der Waals surface area contributed by atoms with Crippen molar-refractivity contribution in [1.29, 1.82) is 0 Å². The highest BCUT2D eigenvalue weighted by Crippen LogP contribution is 2.27.